The lowest BCUT2D eigenvalue weighted by Gasteiger charge is -2.42. The van der Waals surface area contributed by atoms with Crippen molar-refractivity contribution in [3.63, 3.8) is 0 Å². The van der Waals surface area contributed by atoms with E-state index in [1.807, 2.05) is 24.1 Å². The van der Waals surface area contributed by atoms with Crippen LogP contribution in [-0.4, -0.2) is 76.4 Å². The molecule has 0 saturated carbocycles. The first kappa shape index (κ1) is 15.5. The van der Waals surface area contributed by atoms with Crippen molar-refractivity contribution in [1.29, 1.82) is 0 Å². The highest BCUT2D eigenvalue weighted by Crippen LogP contribution is 2.19. The number of likely N-dealkylation sites (tertiary alicyclic amines) is 1. The molecule has 0 radical (unpaired) electrons. The summed E-state index contributed by atoms with van der Waals surface area (Å²) in [6.45, 7) is 8.71. The summed E-state index contributed by atoms with van der Waals surface area (Å²) in [4.78, 5) is 21.2. The molecule has 7 heteroatoms. The smallest absolute Gasteiger partial charge is 0.244 e. The first-order chi connectivity index (χ1) is 11.7. The van der Waals surface area contributed by atoms with Gasteiger partial charge in [-0.2, -0.15) is 5.10 Å². The monoisotopic (exact) mass is 329 g/mol. The molecule has 2 aliphatic rings. The lowest BCUT2D eigenvalue weighted by molar-refractivity contribution is -0.139. The van der Waals surface area contributed by atoms with Gasteiger partial charge in [-0.3, -0.25) is 9.69 Å². The van der Waals surface area contributed by atoms with Crippen molar-refractivity contribution >= 4 is 16.9 Å². The van der Waals surface area contributed by atoms with Crippen LogP contribution in [0.4, 0.5) is 0 Å². The Morgan fingerprint density at radius 3 is 2.88 bits per heavy atom. The molecular weight excluding hydrogens is 306 g/mol. The lowest BCUT2D eigenvalue weighted by atomic mass is 9.99. The highest BCUT2D eigenvalue weighted by atomic mass is 16.5. The Kier molecular flexibility index (Phi) is 4.20. The van der Waals surface area contributed by atoms with E-state index in [2.05, 4.69) is 15.0 Å². The summed E-state index contributed by atoms with van der Waals surface area (Å²) >= 11 is 0. The van der Waals surface area contributed by atoms with Crippen molar-refractivity contribution in [2.24, 2.45) is 5.92 Å². The van der Waals surface area contributed by atoms with E-state index in [9.17, 15) is 4.79 Å². The van der Waals surface area contributed by atoms with Crippen molar-refractivity contribution in [3.05, 3.63) is 24.0 Å². The number of aromatic nitrogens is 3. The Labute approximate surface area is 141 Å². The Morgan fingerprint density at radius 2 is 2.08 bits per heavy atom. The third-order valence-corrected chi connectivity index (χ3v) is 4.83. The molecule has 2 fully saturated rings. The van der Waals surface area contributed by atoms with Gasteiger partial charge in [0.15, 0.2) is 5.65 Å². The zero-order valence-electron chi connectivity index (χ0n) is 14.0. The van der Waals surface area contributed by atoms with Gasteiger partial charge in [0.25, 0.3) is 0 Å². The van der Waals surface area contributed by atoms with E-state index >= 15 is 0 Å². The number of rotatable bonds is 4. The fraction of sp³-hybridized carbons (Fsp3) is 0.588. The molecule has 2 aromatic heterocycles. The van der Waals surface area contributed by atoms with E-state index in [1.54, 1.807) is 10.9 Å². The number of morpholine rings is 1. The predicted molar refractivity (Wildman–Crippen MR) is 89.6 cm³/mol. The van der Waals surface area contributed by atoms with Crippen LogP contribution in [0.15, 0.2) is 18.5 Å². The molecule has 2 aromatic rings. The number of ether oxygens (including phenoxy) is 1. The maximum atomic E-state index is 12.4. The molecule has 1 amide bonds. The van der Waals surface area contributed by atoms with Gasteiger partial charge in [-0.15, -0.1) is 0 Å². The van der Waals surface area contributed by atoms with E-state index in [0.717, 1.165) is 62.5 Å². The van der Waals surface area contributed by atoms with E-state index in [0.29, 0.717) is 5.92 Å². The molecule has 0 N–H and O–H groups in total. The van der Waals surface area contributed by atoms with Gasteiger partial charge in [0.05, 0.1) is 19.4 Å². The van der Waals surface area contributed by atoms with Crippen LogP contribution in [0.3, 0.4) is 0 Å². The number of fused-ring (bicyclic) bond motifs is 1. The molecule has 4 rings (SSSR count). The second kappa shape index (κ2) is 6.49. The minimum absolute atomic E-state index is 0.126. The molecular formula is C17H23N5O2. The molecule has 2 saturated heterocycles. The molecule has 0 aromatic carbocycles. The first-order valence-corrected chi connectivity index (χ1v) is 8.55. The van der Waals surface area contributed by atoms with Crippen LogP contribution in [0.2, 0.25) is 0 Å². The molecule has 7 nitrogen and oxygen atoms in total. The van der Waals surface area contributed by atoms with Crippen molar-refractivity contribution in [3.8, 4) is 0 Å². The van der Waals surface area contributed by atoms with Crippen LogP contribution in [0.5, 0.6) is 0 Å². The molecule has 0 aliphatic carbocycles. The minimum Gasteiger partial charge on any atom is -0.379 e. The van der Waals surface area contributed by atoms with Crippen LogP contribution in [0, 0.1) is 12.8 Å². The standard InChI is InChI=1S/C17H23N5O2/c1-13-6-15-8-19-22(17(15)18-7-13)12-16(23)21-10-14(11-21)9-20-2-4-24-5-3-20/h6-8,14H,2-5,9-12H2,1H3. The fourth-order valence-corrected chi connectivity index (χ4v) is 3.46. The van der Waals surface area contributed by atoms with Crippen LogP contribution < -0.4 is 0 Å². The molecule has 4 heterocycles. The van der Waals surface area contributed by atoms with Gasteiger partial charge in [-0.05, 0) is 18.6 Å². The Hall–Kier alpha value is -1.99. The van der Waals surface area contributed by atoms with Crippen LogP contribution in [0.25, 0.3) is 11.0 Å². The number of hydrogen-bond acceptors (Lipinski definition) is 5. The van der Waals surface area contributed by atoms with Gasteiger partial charge in [0.1, 0.15) is 6.54 Å². The molecule has 0 atom stereocenters. The molecule has 0 bridgehead atoms. The summed E-state index contributed by atoms with van der Waals surface area (Å²) in [5.74, 6) is 0.711. The van der Waals surface area contributed by atoms with Crippen LogP contribution >= 0.6 is 0 Å². The number of carbonyl (C=O) groups is 1. The van der Waals surface area contributed by atoms with Crippen LogP contribution in [0.1, 0.15) is 5.56 Å². The molecule has 128 valence electrons. The number of carbonyl (C=O) groups excluding carboxylic acids is 1. The summed E-state index contributed by atoms with van der Waals surface area (Å²) in [5.41, 5.74) is 1.88. The molecule has 24 heavy (non-hydrogen) atoms. The average Bonchev–Trinajstić information content (AvgIpc) is 2.93. The summed E-state index contributed by atoms with van der Waals surface area (Å²) in [6.07, 6.45) is 3.59. The Bertz CT molecular complexity index is 732. The topological polar surface area (TPSA) is 63.5 Å². The summed E-state index contributed by atoms with van der Waals surface area (Å²) in [5, 5.41) is 5.30. The summed E-state index contributed by atoms with van der Waals surface area (Å²) in [7, 11) is 0. The number of hydrogen-bond donors (Lipinski definition) is 0. The third kappa shape index (κ3) is 3.14. The zero-order valence-corrected chi connectivity index (χ0v) is 14.0. The van der Waals surface area contributed by atoms with Crippen molar-refractivity contribution < 1.29 is 9.53 Å². The number of aryl methyl sites for hydroxylation is 1. The number of amides is 1. The van der Waals surface area contributed by atoms with Gasteiger partial charge >= 0.3 is 0 Å². The largest absolute Gasteiger partial charge is 0.379 e. The minimum atomic E-state index is 0.126. The van der Waals surface area contributed by atoms with Gasteiger partial charge in [-0.25, -0.2) is 9.67 Å². The Morgan fingerprint density at radius 1 is 1.29 bits per heavy atom. The third-order valence-electron chi connectivity index (χ3n) is 4.83. The van der Waals surface area contributed by atoms with Crippen molar-refractivity contribution in [2.75, 3.05) is 45.9 Å². The first-order valence-electron chi connectivity index (χ1n) is 8.55. The van der Waals surface area contributed by atoms with Crippen molar-refractivity contribution in [2.45, 2.75) is 13.5 Å². The molecule has 0 spiro atoms. The quantitative estimate of drug-likeness (QED) is 0.819. The molecule has 2 aliphatic heterocycles. The fourth-order valence-electron chi connectivity index (χ4n) is 3.46. The van der Waals surface area contributed by atoms with E-state index < -0.39 is 0 Å². The highest BCUT2D eigenvalue weighted by molar-refractivity contribution is 5.80. The van der Waals surface area contributed by atoms with Crippen LogP contribution in [-0.2, 0) is 16.1 Å². The molecule has 0 unspecified atom stereocenters. The van der Waals surface area contributed by atoms with E-state index in [-0.39, 0.29) is 12.5 Å². The SMILES string of the molecule is Cc1cnc2c(cnn2CC(=O)N2CC(CN3CCOCC3)C2)c1. The number of pyridine rings is 1. The van der Waals surface area contributed by atoms with E-state index in [1.165, 1.54) is 0 Å². The van der Waals surface area contributed by atoms with Crippen molar-refractivity contribution in [1.82, 2.24) is 24.6 Å². The lowest BCUT2D eigenvalue weighted by Crippen LogP contribution is -2.55. The summed E-state index contributed by atoms with van der Waals surface area (Å²) < 4.78 is 7.07. The highest BCUT2D eigenvalue weighted by Gasteiger charge is 2.32. The van der Waals surface area contributed by atoms with Gasteiger partial charge in [0, 0.05) is 50.2 Å². The predicted octanol–water partition coefficient (Wildman–Crippen LogP) is 0.530. The zero-order chi connectivity index (χ0) is 16.5. The summed E-state index contributed by atoms with van der Waals surface area (Å²) in [6, 6.07) is 2.04. The maximum Gasteiger partial charge on any atom is 0.244 e. The normalized spacial score (nSPS) is 19.6. The average molecular weight is 329 g/mol. The second-order valence-electron chi connectivity index (χ2n) is 6.81. The maximum absolute atomic E-state index is 12.4. The van der Waals surface area contributed by atoms with E-state index in [4.69, 9.17) is 4.74 Å². The van der Waals surface area contributed by atoms with Gasteiger partial charge < -0.3 is 9.64 Å². The van der Waals surface area contributed by atoms with Gasteiger partial charge in [0.2, 0.25) is 5.91 Å². The number of nitrogens with zero attached hydrogens (tertiary/aromatic N) is 5. The van der Waals surface area contributed by atoms with Gasteiger partial charge in [-0.1, -0.05) is 0 Å². The second-order valence-corrected chi connectivity index (χ2v) is 6.81. The Balaban J connectivity index is 1.31.